The summed E-state index contributed by atoms with van der Waals surface area (Å²) in [6.45, 7) is 0. The summed E-state index contributed by atoms with van der Waals surface area (Å²) in [6, 6.07) is -6.03. The summed E-state index contributed by atoms with van der Waals surface area (Å²) in [6.07, 6.45) is -2.28. The van der Waals surface area contributed by atoms with Crippen molar-refractivity contribution in [1.82, 2.24) is 16.0 Å². The lowest BCUT2D eigenvalue weighted by Gasteiger charge is -2.24. The minimum absolute atomic E-state index is 0.298. The number of aliphatic carboxylic acids is 2. The third kappa shape index (κ3) is 11.1. The van der Waals surface area contributed by atoms with Crippen LogP contribution in [-0.4, -0.2) is 81.6 Å². The third-order valence-corrected chi connectivity index (χ3v) is 4.24. The molecule has 15 nitrogen and oxygen atoms in total. The number of hydrogen-bond donors (Lipinski definition) is 9. The van der Waals surface area contributed by atoms with E-state index in [0.29, 0.717) is 0 Å². The van der Waals surface area contributed by atoms with Crippen LogP contribution < -0.4 is 33.2 Å². The maximum Gasteiger partial charge on any atom is 0.327 e. The number of amides is 5. The summed E-state index contributed by atoms with van der Waals surface area (Å²) in [5, 5.41) is 24.2. The first kappa shape index (κ1) is 28.6. The first-order chi connectivity index (χ1) is 14.8. The largest absolute Gasteiger partial charge is 0.481 e. The predicted octanol–water partition coefficient (Wildman–Crippen LogP) is -4.60. The molecule has 0 aromatic heterocycles. The second-order valence-corrected chi connectivity index (χ2v) is 6.95. The van der Waals surface area contributed by atoms with Crippen LogP contribution in [0.5, 0.6) is 0 Å². The van der Waals surface area contributed by atoms with Crippen LogP contribution in [0.25, 0.3) is 0 Å². The molecule has 5 amide bonds. The van der Waals surface area contributed by atoms with Crippen molar-refractivity contribution >= 4 is 54.1 Å². The van der Waals surface area contributed by atoms with Gasteiger partial charge in [0.15, 0.2) is 0 Å². The van der Waals surface area contributed by atoms with Gasteiger partial charge in [0.2, 0.25) is 29.5 Å². The fourth-order valence-electron chi connectivity index (χ4n) is 2.27. The lowest BCUT2D eigenvalue weighted by atomic mass is 10.1. The monoisotopic (exact) mass is 478 g/mol. The lowest BCUT2D eigenvalue weighted by molar-refractivity contribution is -0.141. The molecule has 180 valence electrons. The SMILES string of the molecule is NC(=O)CC(N)C(=O)NC(CCC(=O)O)C(=O)NC(CC(N)=O)C(=O)NC(CS)C(=O)O. The normalized spacial score (nSPS) is 14.2. The van der Waals surface area contributed by atoms with Crippen molar-refractivity contribution in [1.29, 1.82) is 0 Å². The van der Waals surface area contributed by atoms with Gasteiger partial charge in [0.1, 0.15) is 18.1 Å². The van der Waals surface area contributed by atoms with Gasteiger partial charge in [-0.05, 0) is 6.42 Å². The maximum absolute atomic E-state index is 12.6. The summed E-state index contributed by atoms with van der Waals surface area (Å²) < 4.78 is 0. The zero-order chi connectivity index (χ0) is 25.0. The number of carboxylic acids is 2. The zero-order valence-corrected chi connectivity index (χ0v) is 17.7. The first-order valence-corrected chi connectivity index (χ1v) is 9.70. The number of nitrogens with two attached hydrogens (primary N) is 3. The molecule has 32 heavy (non-hydrogen) atoms. The van der Waals surface area contributed by atoms with E-state index in [-0.39, 0.29) is 5.75 Å². The molecule has 0 spiro atoms. The van der Waals surface area contributed by atoms with Crippen LogP contribution in [0.4, 0.5) is 0 Å². The molecule has 0 fully saturated rings. The molecular formula is C16H26N6O9S. The summed E-state index contributed by atoms with van der Waals surface area (Å²) >= 11 is 3.78. The van der Waals surface area contributed by atoms with Crippen LogP contribution in [0.2, 0.25) is 0 Å². The Morgan fingerprint density at radius 3 is 1.66 bits per heavy atom. The minimum atomic E-state index is -1.63. The number of carboxylic acid groups (broad SMARTS) is 2. The summed E-state index contributed by atoms with van der Waals surface area (Å²) in [7, 11) is 0. The Kier molecular flexibility index (Phi) is 12.3. The molecule has 0 aliphatic carbocycles. The van der Waals surface area contributed by atoms with Crippen molar-refractivity contribution in [3.63, 3.8) is 0 Å². The molecule has 0 aliphatic rings. The average Bonchev–Trinajstić information content (AvgIpc) is 2.66. The number of rotatable bonds is 15. The molecule has 0 aliphatic heterocycles. The molecule has 11 N–H and O–H groups in total. The van der Waals surface area contributed by atoms with Gasteiger partial charge < -0.3 is 43.4 Å². The van der Waals surface area contributed by atoms with Crippen molar-refractivity contribution < 1.29 is 43.8 Å². The maximum atomic E-state index is 12.6. The molecule has 0 aromatic carbocycles. The van der Waals surface area contributed by atoms with Gasteiger partial charge in [-0.3, -0.25) is 28.8 Å². The van der Waals surface area contributed by atoms with Gasteiger partial charge in [-0.15, -0.1) is 0 Å². The van der Waals surface area contributed by atoms with Gasteiger partial charge in [0, 0.05) is 12.2 Å². The van der Waals surface area contributed by atoms with Gasteiger partial charge in [-0.2, -0.15) is 12.6 Å². The van der Waals surface area contributed by atoms with E-state index in [2.05, 4.69) is 28.6 Å². The Bertz CT molecular complexity index is 762. The number of nitrogens with one attached hydrogen (secondary N) is 3. The van der Waals surface area contributed by atoms with Gasteiger partial charge in [0.05, 0.1) is 18.9 Å². The molecule has 16 heteroatoms. The highest BCUT2D eigenvalue weighted by Crippen LogP contribution is 2.03. The Balaban J connectivity index is 5.51. The van der Waals surface area contributed by atoms with Gasteiger partial charge >= 0.3 is 11.9 Å². The fourth-order valence-corrected chi connectivity index (χ4v) is 2.51. The predicted molar refractivity (Wildman–Crippen MR) is 110 cm³/mol. The van der Waals surface area contributed by atoms with Gasteiger partial charge in [-0.25, -0.2) is 4.79 Å². The molecular weight excluding hydrogens is 452 g/mol. The van der Waals surface area contributed by atoms with E-state index in [1.807, 2.05) is 0 Å². The zero-order valence-electron chi connectivity index (χ0n) is 16.8. The average molecular weight is 478 g/mol. The van der Waals surface area contributed by atoms with Crippen molar-refractivity contribution in [2.45, 2.75) is 49.9 Å². The number of carbonyl (C=O) groups excluding carboxylic acids is 5. The van der Waals surface area contributed by atoms with Crippen LogP contribution >= 0.6 is 12.6 Å². The Morgan fingerprint density at radius 2 is 1.22 bits per heavy atom. The van der Waals surface area contributed by atoms with E-state index >= 15 is 0 Å². The molecule has 4 atom stereocenters. The highest BCUT2D eigenvalue weighted by molar-refractivity contribution is 7.80. The summed E-state index contributed by atoms with van der Waals surface area (Å²) in [4.78, 5) is 81.2. The van der Waals surface area contributed by atoms with E-state index in [1.54, 1.807) is 0 Å². The first-order valence-electron chi connectivity index (χ1n) is 9.07. The summed E-state index contributed by atoms with van der Waals surface area (Å²) in [5.41, 5.74) is 15.5. The van der Waals surface area contributed by atoms with Crippen molar-refractivity contribution in [3.8, 4) is 0 Å². The third-order valence-electron chi connectivity index (χ3n) is 3.87. The molecule has 0 heterocycles. The molecule has 0 rings (SSSR count). The highest BCUT2D eigenvalue weighted by Gasteiger charge is 2.31. The van der Waals surface area contributed by atoms with E-state index in [4.69, 9.17) is 27.4 Å². The van der Waals surface area contributed by atoms with Gasteiger partial charge in [-0.1, -0.05) is 0 Å². The Hall–Kier alpha value is -3.40. The van der Waals surface area contributed by atoms with Crippen LogP contribution in [0.3, 0.4) is 0 Å². The number of carbonyl (C=O) groups is 7. The molecule has 0 saturated carbocycles. The second kappa shape index (κ2) is 13.8. The molecule has 0 radical (unpaired) electrons. The minimum Gasteiger partial charge on any atom is -0.481 e. The molecule has 0 aromatic rings. The van der Waals surface area contributed by atoms with Crippen LogP contribution in [0.15, 0.2) is 0 Å². The molecule has 0 bridgehead atoms. The quantitative estimate of drug-likeness (QED) is 0.102. The number of primary amides is 2. The van der Waals surface area contributed by atoms with E-state index in [0.717, 1.165) is 0 Å². The molecule has 4 unspecified atom stereocenters. The van der Waals surface area contributed by atoms with E-state index in [1.165, 1.54) is 0 Å². The Labute approximate surface area is 187 Å². The Morgan fingerprint density at radius 1 is 0.750 bits per heavy atom. The second-order valence-electron chi connectivity index (χ2n) is 6.58. The van der Waals surface area contributed by atoms with Crippen LogP contribution in [0, 0.1) is 0 Å². The van der Waals surface area contributed by atoms with E-state index < -0.39 is 91.3 Å². The lowest BCUT2D eigenvalue weighted by Crippen LogP contribution is -2.58. The van der Waals surface area contributed by atoms with E-state index in [9.17, 15) is 33.6 Å². The van der Waals surface area contributed by atoms with Crippen LogP contribution in [0.1, 0.15) is 25.7 Å². The number of hydrogen-bond acceptors (Lipinski definition) is 9. The highest BCUT2D eigenvalue weighted by atomic mass is 32.1. The van der Waals surface area contributed by atoms with Crippen molar-refractivity contribution in [3.05, 3.63) is 0 Å². The summed E-state index contributed by atoms with van der Waals surface area (Å²) in [5.74, 6) is -8.08. The van der Waals surface area contributed by atoms with Crippen LogP contribution in [-0.2, 0) is 33.6 Å². The standard InChI is InChI=1S/C16H26N6O9S/c17-6(3-10(18)23)13(27)20-7(1-2-12(25)26)14(28)21-8(4-11(19)24)15(29)22-9(5-32)16(30)31/h6-9,32H,1-5,17H2,(H2,18,23)(H2,19,24)(H,20,27)(H,21,28)(H,22,29)(H,25,26)(H,30,31). The van der Waals surface area contributed by atoms with Gasteiger partial charge in [0.25, 0.3) is 0 Å². The fraction of sp³-hybridized carbons (Fsp3) is 0.562. The topological polar surface area (TPSA) is 274 Å². The van der Waals surface area contributed by atoms with Crippen molar-refractivity contribution in [2.75, 3.05) is 5.75 Å². The molecule has 0 saturated heterocycles. The smallest absolute Gasteiger partial charge is 0.327 e. The van der Waals surface area contributed by atoms with Crippen molar-refractivity contribution in [2.24, 2.45) is 17.2 Å². The number of thiol groups is 1.